The molecule has 0 aliphatic carbocycles. The van der Waals surface area contributed by atoms with Gasteiger partial charge in [0.15, 0.2) is 0 Å². The van der Waals surface area contributed by atoms with Crippen LogP contribution in [-0.2, 0) is 25.7 Å². The molecular formula is C31H23F2N3O6S2. The van der Waals surface area contributed by atoms with E-state index in [9.17, 15) is 32.8 Å². The van der Waals surface area contributed by atoms with E-state index < -0.39 is 57.3 Å². The Balaban J connectivity index is 1.36. The fourth-order valence-corrected chi connectivity index (χ4v) is 8.15. The summed E-state index contributed by atoms with van der Waals surface area (Å²) < 4.78 is 33.5. The number of benzene rings is 3. The lowest BCUT2D eigenvalue weighted by atomic mass is 9.83. The lowest BCUT2D eigenvalue weighted by molar-refractivity contribution is -0.122. The van der Waals surface area contributed by atoms with Crippen LogP contribution in [0.25, 0.3) is 0 Å². The van der Waals surface area contributed by atoms with E-state index in [-0.39, 0.29) is 24.4 Å². The summed E-state index contributed by atoms with van der Waals surface area (Å²) in [6.07, 6.45) is 0. The van der Waals surface area contributed by atoms with Gasteiger partial charge in [0, 0.05) is 16.5 Å². The molecule has 1 fully saturated rings. The van der Waals surface area contributed by atoms with E-state index in [1.807, 2.05) is 0 Å². The van der Waals surface area contributed by atoms with Crippen LogP contribution in [-0.4, -0.2) is 40.1 Å². The Morgan fingerprint density at radius 2 is 1.52 bits per heavy atom. The Labute approximate surface area is 257 Å². The normalized spacial score (nSPS) is 19.0. The fraction of sp³-hybridized carbons (Fsp3) is 0.194. The Morgan fingerprint density at radius 3 is 2.16 bits per heavy atom. The monoisotopic (exact) mass is 635 g/mol. The summed E-state index contributed by atoms with van der Waals surface area (Å²) in [5.74, 6) is -4.75. The second-order valence-electron chi connectivity index (χ2n) is 10.1. The van der Waals surface area contributed by atoms with Crippen molar-refractivity contribution in [1.29, 1.82) is 0 Å². The number of nitrogens with one attached hydrogen (secondary N) is 1. The highest BCUT2D eigenvalue weighted by atomic mass is 32.2. The maximum Gasteiger partial charge on any atom is 0.338 e. The Kier molecular flexibility index (Phi) is 7.91. The third kappa shape index (κ3) is 5.33. The molecule has 3 heterocycles. The highest BCUT2D eigenvalue weighted by molar-refractivity contribution is 8.00. The van der Waals surface area contributed by atoms with E-state index in [0.717, 1.165) is 28.0 Å². The molecule has 224 valence electrons. The van der Waals surface area contributed by atoms with Crippen molar-refractivity contribution < 1.29 is 32.7 Å². The smallest absolute Gasteiger partial charge is 0.338 e. The summed E-state index contributed by atoms with van der Waals surface area (Å²) in [7, 11) is 0. The average molecular weight is 636 g/mol. The van der Waals surface area contributed by atoms with Crippen LogP contribution >= 0.6 is 23.1 Å². The molecule has 1 N–H and O–H groups in total. The molecule has 0 saturated carbocycles. The number of ether oxygens (including phenoxy) is 1. The van der Waals surface area contributed by atoms with E-state index in [1.165, 1.54) is 77.4 Å². The number of carbonyl (C=O) groups is 4. The Bertz CT molecular complexity index is 1840. The lowest BCUT2D eigenvalue weighted by Gasteiger charge is -2.30. The molecule has 3 atom stereocenters. The SMILES string of the molecule is CCOC(=O)c1ccc(N2C(=O)C3Sc4c(sc(=O)n4CC(=O)Nc4ccc(F)cc4)[C@H](c4ccc(F)cc4)C3C2=O)cc1. The van der Waals surface area contributed by atoms with Gasteiger partial charge in [-0.2, -0.15) is 0 Å². The molecule has 9 nitrogen and oxygen atoms in total. The largest absolute Gasteiger partial charge is 0.462 e. The van der Waals surface area contributed by atoms with Gasteiger partial charge in [-0.15, -0.1) is 0 Å². The predicted octanol–water partition coefficient (Wildman–Crippen LogP) is 4.80. The number of hydrogen-bond acceptors (Lipinski definition) is 8. The number of halogens is 2. The maximum atomic E-state index is 14.0. The second-order valence-corrected chi connectivity index (χ2v) is 12.2. The number of rotatable bonds is 7. The van der Waals surface area contributed by atoms with Gasteiger partial charge in [-0.3, -0.25) is 23.7 Å². The number of amides is 3. The summed E-state index contributed by atoms with van der Waals surface area (Å²) in [5, 5.41) is 2.05. The third-order valence-corrected chi connectivity index (χ3v) is 9.95. The molecule has 1 saturated heterocycles. The zero-order valence-electron chi connectivity index (χ0n) is 23.0. The minimum atomic E-state index is -0.949. The van der Waals surface area contributed by atoms with Crippen LogP contribution in [0.1, 0.15) is 33.6 Å². The van der Waals surface area contributed by atoms with Crippen LogP contribution in [0.15, 0.2) is 82.6 Å². The summed E-state index contributed by atoms with van der Waals surface area (Å²) in [6, 6.07) is 16.6. The third-order valence-electron chi connectivity index (χ3n) is 7.34. The molecule has 2 aliphatic rings. The zero-order chi connectivity index (χ0) is 31.1. The molecule has 44 heavy (non-hydrogen) atoms. The van der Waals surface area contributed by atoms with Crippen molar-refractivity contribution in [3.8, 4) is 0 Å². The number of anilines is 2. The van der Waals surface area contributed by atoms with Gasteiger partial charge in [-0.25, -0.2) is 18.5 Å². The number of imide groups is 1. The van der Waals surface area contributed by atoms with Crippen LogP contribution in [0.2, 0.25) is 0 Å². The molecule has 2 aliphatic heterocycles. The number of fused-ring (bicyclic) bond motifs is 2. The summed E-state index contributed by atoms with van der Waals surface area (Å²) in [5.41, 5.74) is 1.40. The molecule has 4 aromatic rings. The van der Waals surface area contributed by atoms with Crippen molar-refractivity contribution >= 4 is 58.2 Å². The van der Waals surface area contributed by atoms with Crippen molar-refractivity contribution in [1.82, 2.24) is 4.57 Å². The van der Waals surface area contributed by atoms with Crippen molar-refractivity contribution in [2.24, 2.45) is 5.92 Å². The first kappa shape index (κ1) is 29.5. The molecule has 3 aromatic carbocycles. The molecule has 0 spiro atoms. The van der Waals surface area contributed by atoms with Crippen LogP contribution < -0.4 is 15.1 Å². The molecule has 6 rings (SSSR count). The topological polar surface area (TPSA) is 115 Å². The summed E-state index contributed by atoms with van der Waals surface area (Å²) in [4.78, 5) is 67.2. The van der Waals surface area contributed by atoms with Crippen molar-refractivity contribution in [2.75, 3.05) is 16.8 Å². The van der Waals surface area contributed by atoms with Gasteiger partial charge in [0.05, 0.1) is 28.8 Å². The molecule has 3 amide bonds. The Hall–Kier alpha value is -4.62. The molecular weight excluding hydrogens is 612 g/mol. The van der Waals surface area contributed by atoms with E-state index in [1.54, 1.807) is 6.92 Å². The highest BCUT2D eigenvalue weighted by Crippen LogP contribution is 2.53. The van der Waals surface area contributed by atoms with Gasteiger partial charge < -0.3 is 10.1 Å². The number of carbonyl (C=O) groups excluding carboxylic acids is 4. The van der Waals surface area contributed by atoms with E-state index in [2.05, 4.69) is 5.32 Å². The summed E-state index contributed by atoms with van der Waals surface area (Å²) >= 11 is 1.90. The van der Waals surface area contributed by atoms with Gasteiger partial charge >= 0.3 is 10.8 Å². The van der Waals surface area contributed by atoms with Crippen LogP contribution in [0, 0.1) is 17.6 Å². The number of esters is 1. The Morgan fingerprint density at radius 1 is 0.886 bits per heavy atom. The zero-order valence-corrected chi connectivity index (χ0v) is 24.6. The lowest BCUT2D eigenvalue weighted by Crippen LogP contribution is -2.33. The number of hydrogen-bond donors (Lipinski definition) is 1. The minimum Gasteiger partial charge on any atom is -0.462 e. The first-order chi connectivity index (χ1) is 21.2. The standard InChI is InChI=1S/C31H23F2N3O6S2/c1-2-42-30(40)17-5-13-21(14-6-17)36-27(38)24-23(16-3-7-18(32)8-4-16)26-29(43-25(24)28(36)39)35(31(41)44-26)15-22(37)34-20-11-9-19(33)10-12-20/h3-14,23-25H,2,15H2,1H3,(H,34,37)/t23-,24?,25?/m1/s1. The second kappa shape index (κ2) is 11.8. The summed E-state index contributed by atoms with van der Waals surface area (Å²) in [6.45, 7) is 1.49. The average Bonchev–Trinajstić information content (AvgIpc) is 3.45. The fourth-order valence-electron chi connectivity index (χ4n) is 5.38. The number of nitrogens with zero attached hydrogens (tertiary/aromatic N) is 2. The van der Waals surface area contributed by atoms with Crippen molar-refractivity contribution in [2.45, 2.75) is 29.7 Å². The van der Waals surface area contributed by atoms with Crippen LogP contribution in [0.4, 0.5) is 20.2 Å². The van der Waals surface area contributed by atoms with Gasteiger partial charge in [0.1, 0.15) is 23.4 Å². The highest BCUT2D eigenvalue weighted by Gasteiger charge is 2.56. The number of aromatic nitrogens is 1. The molecule has 1 aromatic heterocycles. The van der Waals surface area contributed by atoms with Gasteiger partial charge in [-0.05, 0) is 73.2 Å². The van der Waals surface area contributed by atoms with Crippen molar-refractivity contribution in [3.63, 3.8) is 0 Å². The minimum absolute atomic E-state index is 0.193. The number of thioether (sulfide) groups is 1. The maximum absolute atomic E-state index is 14.0. The molecule has 0 radical (unpaired) electrons. The van der Waals surface area contributed by atoms with Crippen molar-refractivity contribution in [3.05, 3.63) is 110 Å². The van der Waals surface area contributed by atoms with Crippen LogP contribution in [0.5, 0.6) is 0 Å². The molecule has 13 heteroatoms. The van der Waals surface area contributed by atoms with E-state index >= 15 is 0 Å². The first-order valence-corrected chi connectivity index (χ1v) is 15.2. The van der Waals surface area contributed by atoms with Gasteiger partial charge in [0.2, 0.25) is 17.7 Å². The van der Waals surface area contributed by atoms with E-state index in [0.29, 0.717) is 21.2 Å². The van der Waals surface area contributed by atoms with Crippen LogP contribution in [0.3, 0.4) is 0 Å². The quantitative estimate of drug-likeness (QED) is 0.229. The molecule has 2 unspecified atom stereocenters. The first-order valence-electron chi connectivity index (χ1n) is 13.5. The molecule has 0 bridgehead atoms. The van der Waals surface area contributed by atoms with Gasteiger partial charge in [0.25, 0.3) is 0 Å². The van der Waals surface area contributed by atoms with E-state index in [4.69, 9.17) is 4.74 Å². The predicted molar refractivity (Wildman–Crippen MR) is 160 cm³/mol. The van der Waals surface area contributed by atoms with Gasteiger partial charge in [-0.1, -0.05) is 35.2 Å². The number of thiazole rings is 1.